The van der Waals surface area contributed by atoms with Crippen molar-refractivity contribution in [1.82, 2.24) is 9.78 Å². The summed E-state index contributed by atoms with van der Waals surface area (Å²) in [6, 6.07) is 0. The minimum Gasteiger partial charge on any atom is -0.504 e. The van der Waals surface area contributed by atoms with Crippen molar-refractivity contribution in [3.8, 4) is 5.75 Å². The Morgan fingerprint density at radius 3 is 2.29 bits per heavy atom. The summed E-state index contributed by atoms with van der Waals surface area (Å²) >= 11 is 0. The molecule has 3 heteroatoms. The van der Waals surface area contributed by atoms with Crippen molar-refractivity contribution in [3.63, 3.8) is 0 Å². The Labute approximate surface area is 85.8 Å². The molecule has 0 saturated heterocycles. The number of rotatable bonds is 5. The summed E-state index contributed by atoms with van der Waals surface area (Å²) in [6.07, 6.45) is 3.86. The largest absolute Gasteiger partial charge is 0.504 e. The topological polar surface area (TPSA) is 38.0 Å². The van der Waals surface area contributed by atoms with Crippen LogP contribution in [0, 0.1) is 0 Å². The standard InChI is InChI=1S/C11H20N2O/c1-4-7-9-11(14)10(8-5-2)13(6-3)12-9/h14H,4-8H2,1-3H3. The van der Waals surface area contributed by atoms with Crippen LogP contribution in [0.3, 0.4) is 0 Å². The summed E-state index contributed by atoms with van der Waals surface area (Å²) in [7, 11) is 0. The third-order valence-electron chi connectivity index (χ3n) is 2.37. The number of aromatic nitrogens is 2. The fourth-order valence-corrected chi connectivity index (χ4v) is 1.69. The SMILES string of the molecule is CCCc1nn(CC)c(CCC)c1O. The fraction of sp³-hybridized carbons (Fsp3) is 0.727. The molecule has 3 nitrogen and oxygen atoms in total. The van der Waals surface area contributed by atoms with Gasteiger partial charge in [-0.25, -0.2) is 0 Å². The van der Waals surface area contributed by atoms with Crippen LogP contribution in [-0.4, -0.2) is 14.9 Å². The molecule has 0 bridgehead atoms. The van der Waals surface area contributed by atoms with E-state index in [0.29, 0.717) is 5.75 Å². The monoisotopic (exact) mass is 196 g/mol. The molecule has 80 valence electrons. The van der Waals surface area contributed by atoms with Gasteiger partial charge >= 0.3 is 0 Å². The molecule has 1 rings (SSSR count). The smallest absolute Gasteiger partial charge is 0.160 e. The molecule has 1 aromatic rings. The minimum atomic E-state index is 0.426. The van der Waals surface area contributed by atoms with Crippen LogP contribution in [0.25, 0.3) is 0 Å². The van der Waals surface area contributed by atoms with Gasteiger partial charge < -0.3 is 5.11 Å². The molecule has 1 N–H and O–H groups in total. The van der Waals surface area contributed by atoms with Gasteiger partial charge in [0.05, 0.1) is 5.69 Å². The number of aryl methyl sites for hydroxylation is 2. The molecule has 0 aliphatic heterocycles. The van der Waals surface area contributed by atoms with Crippen LogP contribution >= 0.6 is 0 Å². The van der Waals surface area contributed by atoms with Gasteiger partial charge in [0.1, 0.15) is 5.69 Å². The number of nitrogens with zero attached hydrogens (tertiary/aromatic N) is 2. The first kappa shape index (κ1) is 11.1. The summed E-state index contributed by atoms with van der Waals surface area (Å²) in [4.78, 5) is 0. The molecular weight excluding hydrogens is 176 g/mol. The highest BCUT2D eigenvalue weighted by atomic mass is 16.3. The Kier molecular flexibility index (Phi) is 3.98. The van der Waals surface area contributed by atoms with E-state index in [1.807, 2.05) is 4.68 Å². The van der Waals surface area contributed by atoms with Gasteiger partial charge in [-0.15, -0.1) is 0 Å². The zero-order valence-electron chi connectivity index (χ0n) is 9.38. The van der Waals surface area contributed by atoms with Gasteiger partial charge in [-0.1, -0.05) is 26.7 Å². The van der Waals surface area contributed by atoms with Crippen LogP contribution in [0.2, 0.25) is 0 Å². The molecule has 0 spiro atoms. The molecule has 0 fully saturated rings. The van der Waals surface area contributed by atoms with Crippen LogP contribution < -0.4 is 0 Å². The lowest BCUT2D eigenvalue weighted by Gasteiger charge is -2.02. The van der Waals surface area contributed by atoms with E-state index in [1.165, 1.54) is 0 Å². The van der Waals surface area contributed by atoms with Crippen LogP contribution in [0.15, 0.2) is 0 Å². The first-order valence-corrected chi connectivity index (χ1v) is 5.52. The highest BCUT2D eigenvalue weighted by molar-refractivity contribution is 5.32. The summed E-state index contributed by atoms with van der Waals surface area (Å²) in [5, 5.41) is 14.3. The molecule has 0 saturated carbocycles. The predicted molar refractivity (Wildman–Crippen MR) is 57.6 cm³/mol. The Bertz CT molecular complexity index is 292. The quantitative estimate of drug-likeness (QED) is 0.785. The maximum atomic E-state index is 9.92. The lowest BCUT2D eigenvalue weighted by molar-refractivity contribution is 0.457. The summed E-state index contributed by atoms with van der Waals surface area (Å²) in [5.74, 6) is 0.426. The molecule has 0 radical (unpaired) electrons. The molecular formula is C11H20N2O. The van der Waals surface area contributed by atoms with Crippen molar-refractivity contribution >= 4 is 0 Å². The zero-order chi connectivity index (χ0) is 10.6. The van der Waals surface area contributed by atoms with Crippen molar-refractivity contribution in [2.24, 2.45) is 0 Å². The lowest BCUT2D eigenvalue weighted by atomic mass is 10.2. The molecule has 1 heterocycles. The van der Waals surface area contributed by atoms with E-state index in [4.69, 9.17) is 0 Å². The lowest BCUT2D eigenvalue weighted by Crippen LogP contribution is -2.02. The Morgan fingerprint density at radius 2 is 1.79 bits per heavy atom. The second-order valence-corrected chi connectivity index (χ2v) is 3.56. The van der Waals surface area contributed by atoms with Gasteiger partial charge in [0.2, 0.25) is 0 Å². The summed E-state index contributed by atoms with van der Waals surface area (Å²) in [5.41, 5.74) is 1.86. The third kappa shape index (κ3) is 2.08. The van der Waals surface area contributed by atoms with E-state index in [1.54, 1.807) is 0 Å². The maximum Gasteiger partial charge on any atom is 0.160 e. The zero-order valence-corrected chi connectivity index (χ0v) is 9.38. The minimum absolute atomic E-state index is 0.426. The van der Waals surface area contributed by atoms with Gasteiger partial charge in [0.25, 0.3) is 0 Å². The first-order chi connectivity index (χ1) is 6.74. The van der Waals surface area contributed by atoms with E-state index in [9.17, 15) is 5.11 Å². The molecule has 14 heavy (non-hydrogen) atoms. The van der Waals surface area contributed by atoms with E-state index in [-0.39, 0.29) is 0 Å². The average Bonchev–Trinajstić information content (AvgIpc) is 2.47. The molecule has 0 aliphatic carbocycles. The molecule has 0 atom stereocenters. The molecule has 0 unspecified atom stereocenters. The van der Waals surface area contributed by atoms with E-state index in [0.717, 1.165) is 43.6 Å². The number of hydrogen-bond donors (Lipinski definition) is 1. The van der Waals surface area contributed by atoms with Crippen LogP contribution in [0.1, 0.15) is 45.0 Å². The molecule has 0 aliphatic rings. The third-order valence-corrected chi connectivity index (χ3v) is 2.37. The van der Waals surface area contributed by atoms with Crippen molar-refractivity contribution in [2.75, 3.05) is 0 Å². The van der Waals surface area contributed by atoms with Gasteiger partial charge in [0.15, 0.2) is 5.75 Å². The van der Waals surface area contributed by atoms with Crippen molar-refractivity contribution < 1.29 is 5.11 Å². The second-order valence-electron chi connectivity index (χ2n) is 3.56. The molecule has 1 aromatic heterocycles. The molecule has 0 aromatic carbocycles. The van der Waals surface area contributed by atoms with Gasteiger partial charge in [-0.3, -0.25) is 4.68 Å². The predicted octanol–water partition coefficient (Wildman–Crippen LogP) is 2.51. The van der Waals surface area contributed by atoms with Crippen LogP contribution in [0.4, 0.5) is 0 Å². The Balaban J connectivity index is 2.98. The number of aromatic hydroxyl groups is 1. The Morgan fingerprint density at radius 1 is 1.14 bits per heavy atom. The van der Waals surface area contributed by atoms with Crippen LogP contribution in [0.5, 0.6) is 5.75 Å². The van der Waals surface area contributed by atoms with Gasteiger partial charge in [0, 0.05) is 6.54 Å². The van der Waals surface area contributed by atoms with E-state index in [2.05, 4.69) is 25.9 Å². The fourth-order valence-electron chi connectivity index (χ4n) is 1.69. The van der Waals surface area contributed by atoms with E-state index < -0.39 is 0 Å². The maximum absolute atomic E-state index is 9.92. The summed E-state index contributed by atoms with van der Waals surface area (Å²) in [6.45, 7) is 7.11. The Hall–Kier alpha value is -0.990. The second kappa shape index (κ2) is 5.03. The molecule has 0 amide bonds. The van der Waals surface area contributed by atoms with Gasteiger partial charge in [-0.05, 0) is 19.8 Å². The number of hydrogen-bond acceptors (Lipinski definition) is 2. The van der Waals surface area contributed by atoms with E-state index >= 15 is 0 Å². The average molecular weight is 196 g/mol. The van der Waals surface area contributed by atoms with Crippen LogP contribution in [-0.2, 0) is 19.4 Å². The normalized spacial score (nSPS) is 10.8. The highest BCUT2D eigenvalue weighted by Crippen LogP contribution is 2.24. The highest BCUT2D eigenvalue weighted by Gasteiger charge is 2.14. The van der Waals surface area contributed by atoms with Crippen molar-refractivity contribution in [3.05, 3.63) is 11.4 Å². The summed E-state index contributed by atoms with van der Waals surface area (Å²) < 4.78 is 1.92. The van der Waals surface area contributed by atoms with Gasteiger partial charge in [-0.2, -0.15) is 5.10 Å². The van der Waals surface area contributed by atoms with Crippen molar-refractivity contribution in [2.45, 2.75) is 53.0 Å². The van der Waals surface area contributed by atoms with Crippen molar-refractivity contribution in [1.29, 1.82) is 0 Å². The first-order valence-electron chi connectivity index (χ1n) is 5.52.